The number of hydrogen-bond acceptors (Lipinski definition) is 3. The number of aromatic nitrogens is 1. The zero-order valence-electron chi connectivity index (χ0n) is 13.8. The molecule has 1 atom stereocenters. The summed E-state index contributed by atoms with van der Waals surface area (Å²) in [5.41, 5.74) is 1.61. The van der Waals surface area contributed by atoms with E-state index in [0.29, 0.717) is 6.04 Å². The van der Waals surface area contributed by atoms with E-state index in [1.165, 1.54) is 64.0 Å². The van der Waals surface area contributed by atoms with Crippen LogP contribution in [-0.4, -0.2) is 58.8 Å². The Hall–Kier alpha value is -0.840. The van der Waals surface area contributed by atoms with Crippen molar-refractivity contribution in [3.63, 3.8) is 0 Å². The maximum Gasteiger partial charge on any atom is 0.0723 e. The molecule has 0 radical (unpaired) electrons. The first kappa shape index (κ1) is 14.7. The third kappa shape index (κ3) is 2.84. The van der Waals surface area contributed by atoms with E-state index in [1.54, 1.807) is 0 Å². The zero-order chi connectivity index (χ0) is 15.0. The summed E-state index contributed by atoms with van der Waals surface area (Å²) in [6.45, 7) is 7.00. The van der Waals surface area contributed by atoms with Crippen molar-refractivity contribution in [1.82, 2.24) is 14.4 Å². The van der Waals surface area contributed by atoms with Gasteiger partial charge in [0, 0.05) is 44.6 Å². The van der Waals surface area contributed by atoms with Crippen molar-refractivity contribution < 1.29 is 4.74 Å². The second-order valence-electron chi connectivity index (χ2n) is 7.48. The number of aryl methyl sites for hydroxylation is 1. The molecule has 0 aliphatic carbocycles. The molecular formula is C18H29N3O. The zero-order valence-corrected chi connectivity index (χ0v) is 13.8. The Balaban J connectivity index is 1.31. The molecule has 3 saturated heterocycles. The lowest BCUT2D eigenvalue weighted by atomic mass is 9.87. The van der Waals surface area contributed by atoms with Gasteiger partial charge in [-0.3, -0.25) is 9.80 Å². The Bertz CT molecular complexity index is 498. The number of hydrogen-bond donors (Lipinski definition) is 0. The van der Waals surface area contributed by atoms with Gasteiger partial charge in [-0.15, -0.1) is 0 Å². The monoisotopic (exact) mass is 303 g/mol. The van der Waals surface area contributed by atoms with Gasteiger partial charge in [-0.25, -0.2) is 0 Å². The van der Waals surface area contributed by atoms with Crippen LogP contribution in [0.25, 0.3) is 0 Å². The fourth-order valence-electron chi connectivity index (χ4n) is 4.52. The minimum Gasteiger partial charge on any atom is -0.373 e. The van der Waals surface area contributed by atoms with Crippen molar-refractivity contribution in [1.29, 1.82) is 0 Å². The van der Waals surface area contributed by atoms with Crippen LogP contribution in [0.4, 0.5) is 0 Å². The maximum absolute atomic E-state index is 6.34. The van der Waals surface area contributed by atoms with Crippen LogP contribution < -0.4 is 0 Å². The van der Waals surface area contributed by atoms with E-state index in [0.717, 1.165) is 13.2 Å². The number of ether oxygens (including phenoxy) is 1. The number of likely N-dealkylation sites (tertiary alicyclic amines) is 2. The molecule has 122 valence electrons. The molecule has 1 aromatic heterocycles. The van der Waals surface area contributed by atoms with Crippen molar-refractivity contribution in [2.75, 3.05) is 32.8 Å². The maximum atomic E-state index is 6.34. The van der Waals surface area contributed by atoms with Crippen molar-refractivity contribution in [2.24, 2.45) is 7.05 Å². The molecule has 1 unspecified atom stereocenters. The van der Waals surface area contributed by atoms with E-state index in [1.807, 2.05) is 0 Å². The van der Waals surface area contributed by atoms with E-state index >= 15 is 0 Å². The SMILES string of the molecule is Cn1cccc1CN1CCC2(CC1)CC(N1CCCC1)CO2. The fraction of sp³-hybridized carbons (Fsp3) is 0.778. The molecule has 0 saturated carbocycles. The van der Waals surface area contributed by atoms with Gasteiger partial charge in [-0.1, -0.05) is 0 Å². The molecule has 4 heteroatoms. The molecule has 3 aliphatic heterocycles. The van der Waals surface area contributed by atoms with Crippen LogP contribution in [0, 0.1) is 0 Å². The molecule has 1 aromatic rings. The number of piperidine rings is 1. The Kier molecular flexibility index (Phi) is 4.01. The highest BCUT2D eigenvalue weighted by atomic mass is 16.5. The largest absolute Gasteiger partial charge is 0.373 e. The summed E-state index contributed by atoms with van der Waals surface area (Å²) >= 11 is 0. The average Bonchev–Trinajstić information content (AvgIpc) is 3.24. The molecule has 0 amide bonds. The minimum absolute atomic E-state index is 0.192. The molecule has 4 nitrogen and oxygen atoms in total. The Morgan fingerprint density at radius 1 is 1.18 bits per heavy atom. The number of rotatable bonds is 3. The Labute approximate surface area is 134 Å². The predicted molar refractivity (Wildman–Crippen MR) is 87.8 cm³/mol. The van der Waals surface area contributed by atoms with Gasteiger partial charge in [0.25, 0.3) is 0 Å². The molecular weight excluding hydrogens is 274 g/mol. The lowest BCUT2D eigenvalue weighted by Crippen LogP contribution is -2.44. The summed E-state index contributed by atoms with van der Waals surface area (Å²) < 4.78 is 8.58. The smallest absolute Gasteiger partial charge is 0.0723 e. The number of nitrogens with zero attached hydrogens (tertiary/aromatic N) is 3. The summed E-state index contributed by atoms with van der Waals surface area (Å²) in [5.74, 6) is 0. The fourth-order valence-corrected chi connectivity index (χ4v) is 4.52. The predicted octanol–water partition coefficient (Wildman–Crippen LogP) is 2.24. The molecule has 3 aliphatic rings. The summed E-state index contributed by atoms with van der Waals surface area (Å²) in [6, 6.07) is 5.07. The lowest BCUT2D eigenvalue weighted by Gasteiger charge is -2.39. The van der Waals surface area contributed by atoms with Gasteiger partial charge in [0.15, 0.2) is 0 Å². The third-order valence-corrected chi connectivity index (χ3v) is 6.05. The van der Waals surface area contributed by atoms with Gasteiger partial charge in [0.05, 0.1) is 12.2 Å². The highest BCUT2D eigenvalue weighted by Gasteiger charge is 2.44. The van der Waals surface area contributed by atoms with Crippen LogP contribution >= 0.6 is 0 Å². The van der Waals surface area contributed by atoms with Crippen LogP contribution in [0.1, 0.15) is 37.8 Å². The van der Waals surface area contributed by atoms with Crippen LogP contribution in [0.2, 0.25) is 0 Å². The van der Waals surface area contributed by atoms with Crippen molar-refractivity contribution in [3.8, 4) is 0 Å². The Morgan fingerprint density at radius 3 is 2.64 bits per heavy atom. The van der Waals surface area contributed by atoms with Gasteiger partial charge in [0.2, 0.25) is 0 Å². The van der Waals surface area contributed by atoms with Gasteiger partial charge in [-0.05, 0) is 57.3 Å². The standard InChI is InChI=1S/C18H29N3O/c1-19-8-4-5-16(19)14-20-11-6-18(7-12-20)13-17(15-22-18)21-9-2-3-10-21/h4-5,8,17H,2-3,6-7,9-15H2,1H3. The molecule has 0 N–H and O–H groups in total. The highest BCUT2D eigenvalue weighted by Crippen LogP contribution is 2.38. The molecule has 4 rings (SSSR count). The Morgan fingerprint density at radius 2 is 1.95 bits per heavy atom. The van der Waals surface area contributed by atoms with Crippen molar-refractivity contribution in [3.05, 3.63) is 24.0 Å². The van der Waals surface area contributed by atoms with Crippen LogP contribution in [-0.2, 0) is 18.3 Å². The van der Waals surface area contributed by atoms with Crippen molar-refractivity contribution >= 4 is 0 Å². The quantitative estimate of drug-likeness (QED) is 0.854. The molecule has 0 bridgehead atoms. The van der Waals surface area contributed by atoms with Crippen molar-refractivity contribution in [2.45, 2.75) is 50.3 Å². The van der Waals surface area contributed by atoms with Crippen LogP contribution in [0.3, 0.4) is 0 Å². The van der Waals surface area contributed by atoms with Crippen LogP contribution in [0.5, 0.6) is 0 Å². The molecule has 1 spiro atoms. The van der Waals surface area contributed by atoms with E-state index < -0.39 is 0 Å². The van der Waals surface area contributed by atoms with Crippen LogP contribution in [0.15, 0.2) is 18.3 Å². The molecule has 0 aromatic carbocycles. The average molecular weight is 303 g/mol. The summed E-state index contributed by atoms with van der Waals surface area (Å²) in [4.78, 5) is 5.26. The molecule has 22 heavy (non-hydrogen) atoms. The van der Waals surface area contributed by atoms with E-state index in [-0.39, 0.29) is 5.60 Å². The van der Waals surface area contributed by atoms with E-state index in [2.05, 4.69) is 39.7 Å². The second-order valence-corrected chi connectivity index (χ2v) is 7.48. The van der Waals surface area contributed by atoms with Gasteiger partial charge in [0.1, 0.15) is 0 Å². The normalized spacial score (nSPS) is 29.6. The first-order valence-electron chi connectivity index (χ1n) is 8.95. The summed E-state index contributed by atoms with van der Waals surface area (Å²) in [7, 11) is 2.14. The van der Waals surface area contributed by atoms with Gasteiger partial charge >= 0.3 is 0 Å². The topological polar surface area (TPSA) is 20.6 Å². The molecule has 3 fully saturated rings. The minimum atomic E-state index is 0.192. The van der Waals surface area contributed by atoms with Gasteiger partial charge < -0.3 is 9.30 Å². The third-order valence-electron chi connectivity index (χ3n) is 6.05. The first-order chi connectivity index (χ1) is 10.7. The lowest BCUT2D eigenvalue weighted by molar-refractivity contribution is -0.0455. The van der Waals surface area contributed by atoms with Gasteiger partial charge in [-0.2, -0.15) is 0 Å². The highest BCUT2D eigenvalue weighted by molar-refractivity contribution is 5.07. The second kappa shape index (κ2) is 5.99. The van der Waals surface area contributed by atoms with E-state index in [4.69, 9.17) is 4.74 Å². The summed E-state index contributed by atoms with van der Waals surface area (Å²) in [6.07, 6.45) is 8.60. The van der Waals surface area contributed by atoms with E-state index in [9.17, 15) is 0 Å². The molecule has 4 heterocycles. The summed E-state index contributed by atoms with van der Waals surface area (Å²) in [5, 5.41) is 0. The first-order valence-corrected chi connectivity index (χ1v) is 8.95.